The van der Waals surface area contributed by atoms with Crippen molar-refractivity contribution in [3.63, 3.8) is 0 Å². The monoisotopic (exact) mass is 369 g/mol. The number of rotatable bonds is 7. The van der Waals surface area contributed by atoms with Crippen LogP contribution in [-0.4, -0.2) is 39.8 Å². The third kappa shape index (κ3) is 4.89. The summed E-state index contributed by atoms with van der Waals surface area (Å²) >= 11 is 0. The van der Waals surface area contributed by atoms with Gasteiger partial charge in [-0.3, -0.25) is 4.79 Å². The molecule has 0 aliphatic heterocycles. The Morgan fingerprint density at radius 2 is 1.67 bits per heavy atom. The fraction of sp³-hybridized carbons (Fsp3) is 0.211. The molecule has 8 nitrogen and oxygen atoms in total. The zero-order valence-electron chi connectivity index (χ0n) is 15.2. The number of hydrogen-bond acceptors (Lipinski definition) is 7. The van der Waals surface area contributed by atoms with Crippen LogP contribution in [-0.2, 0) is 9.53 Å². The van der Waals surface area contributed by atoms with E-state index in [1.54, 1.807) is 30.3 Å². The Labute approximate surface area is 156 Å². The number of amides is 1. The van der Waals surface area contributed by atoms with Crippen LogP contribution in [0.15, 0.2) is 36.4 Å². The molecule has 0 aromatic heterocycles. The van der Waals surface area contributed by atoms with E-state index in [0.717, 1.165) is 0 Å². The van der Waals surface area contributed by atoms with Crippen molar-refractivity contribution in [3.05, 3.63) is 47.5 Å². The van der Waals surface area contributed by atoms with Crippen LogP contribution < -0.4 is 20.1 Å². The second kappa shape index (κ2) is 9.10. The van der Waals surface area contributed by atoms with E-state index in [1.807, 2.05) is 6.07 Å². The topological polar surface area (TPSA) is 110 Å². The van der Waals surface area contributed by atoms with Gasteiger partial charge in [-0.25, -0.2) is 4.79 Å². The third-order valence-corrected chi connectivity index (χ3v) is 3.67. The Hall–Kier alpha value is -3.73. The lowest BCUT2D eigenvalue weighted by atomic mass is 10.1. The van der Waals surface area contributed by atoms with Gasteiger partial charge in [-0.15, -0.1) is 0 Å². The summed E-state index contributed by atoms with van der Waals surface area (Å²) in [4.78, 5) is 24.2. The minimum Gasteiger partial charge on any atom is -0.493 e. The first-order valence-electron chi connectivity index (χ1n) is 7.90. The number of anilines is 2. The van der Waals surface area contributed by atoms with Crippen molar-refractivity contribution in [2.75, 3.05) is 38.5 Å². The molecule has 0 radical (unpaired) electrons. The smallest absolute Gasteiger partial charge is 0.340 e. The van der Waals surface area contributed by atoms with Gasteiger partial charge in [0.05, 0.1) is 50.8 Å². The highest BCUT2D eigenvalue weighted by Gasteiger charge is 2.18. The molecule has 27 heavy (non-hydrogen) atoms. The van der Waals surface area contributed by atoms with Gasteiger partial charge in [-0.1, -0.05) is 0 Å². The van der Waals surface area contributed by atoms with Crippen LogP contribution in [0.1, 0.15) is 15.9 Å². The van der Waals surface area contributed by atoms with Crippen LogP contribution in [0.5, 0.6) is 11.5 Å². The van der Waals surface area contributed by atoms with E-state index in [0.29, 0.717) is 28.4 Å². The molecule has 0 fully saturated rings. The molecule has 0 aliphatic carbocycles. The van der Waals surface area contributed by atoms with Crippen LogP contribution in [0.25, 0.3) is 0 Å². The van der Waals surface area contributed by atoms with Crippen molar-refractivity contribution < 1.29 is 23.8 Å². The number of carbonyl (C=O) groups excluding carboxylic acids is 2. The number of esters is 1. The molecule has 0 atom stereocenters. The molecule has 0 saturated heterocycles. The van der Waals surface area contributed by atoms with Crippen LogP contribution >= 0.6 is 0 Å². The Kier molecular flexibility index (Phi) is 6.61. The van der Waals surface area contributed by atoms with E-state index in [1.165, 1.54) is 27.4 Å². The van der Waals surface area contributed by atoms with Gasteiger partial charge in [0.1, 0.15) is 0 Å². The van der Waals surface area contributed by atoms with E-state index in [4.69, 9.17) is 19.5 Å². The fourth-order valence-corrected chi connectivity index (χ4v) is 2.31. The molecule has 1 amide bonds. The molecule has 0 bridgehead atoms. The van der Waals surface area contributed by atoms with Gasteiger partial charge in [-0.05, 0) is 24.3 Å². The highest BCUT2D eigenvalue weighted by Crippen LogP contribution is 2.33. The van der Waals surface area contributed by atoms with Crippen molar-refractivity contribution in [2.45, 2.75) is 0 Å². The minimum atomic E-state index is -0.578. The van der Waals surface area contributed by atoms with Gasteiger partial charge < -0.3 is 24.8 Å². The molecule has 2 aromatic carbocycles. The summed E-state index contributed by atoms with van der Waals surface area (Å²) in [7, 11) is 4.19. The standard InChI is InChI=1S/C19H19N3O5/c1-25-16-8-14(19(24)27-3)15(9-17(16)26-2)21-11-18(23)22-13-6-4-12(10-20)5-7-13/h4-9,21H,11H2,1-3H3,(H,22,23). The lowest BCUT2D eigenvalue weighted by molar-refractivity contribution is -0.114. The number of carbonyl (C=O) groups is 2. The Morgan fingerprint density at radius 3 is 2.22 bits per heavy atom. The molecule has 2 rings (SSSR count). The van der Waals surface area contributed by atoms with Crippen LogP contribution in [0.3, 0.4) is 0 Å². The highest BCUT2D eigenvalue weighted by atomic mass is 16.5. The number of nitrogens with zero attached hydrogens (tertiary/aromatic N) is 1. The summed E-state index contributed by atoms with van der Waals surface area (Å²) in [5.74, 6) is -0.137. The number of nitrogens with one attached hydrogen (secondary N) is 2. The predicted octanol–water partition coefficient (Wildman–Crippen LogP) is 2.41. The molecular weight excluding hydrogens is 350 g/mol. The maximum atomic E-state index is 12.2. The molecule has 0 spiro atoms. The molecule has 140 valence electrons. The Bertz CT molecular complexity index is 872. The molecule has 0 heterocycles. The van der Waals surface area contributed by atoms with E-state index >= 15 is 0 Å². The van der Waals surface area contributed by atoms with Gasteiger partial charge >= 0.3 is 5.97 Å². The number of hydrogen-bond donors (Lipinski definition) is 2. The number of ether oxygens (including phenoxy) is 3. The predicted molar refractivity (Wildman–Crippen MR) is 99.2 cm³/mol. The van der Waals surface area contributed by atoms with Gasteiger partial charge in [0.25, 0.3) is 0 Å². The summed E-state index contributed by atoms with van der Waals surface area (Å²) in [5, 5.41) is 14.4. The molecular formula is C19H19N3O5. The number of nitriles is 1. The SMILES string of the molecule is COC(=O)c1cc(OC)c(OC)cc1NCC(=O)Nc1ccc(C#N)cc1. The average molecular weight is 369 g/mol. The first-order valence-corrected chi connectivity index (χ1v) is 7.90. The summed E-state index contributed by atoms with van der Waals surface area (Å²) in [6, 6.07) is 11.5. The van der Waals surface area contributed by atoms with Crippen LogP contribution in [0, 0.1) is 11.3 Å². The van der Waals surface area contributed by atoms with E-state index in [2.05, 4.69) is 10.6 Å². The average Bonchev–Trinajstić information content (AvgIpc) is 2.71. The second-order valence-electron chi connectivity index (χ2n) is 5.34. The number of benzene rings is 2. The van der Waals surface area contributed by atoms with E-state index in [-0.39, 0.29) is 18.0 Å². The Morgan fingerprint density at radius 1 is 1.04 bits per heavy atom. The normalized spacial score (nSPS) is 9.70. The first-order chi connectivity index (χ1) is 13.0. The van der Waals surface area contributed by atoms with Crippen molar-refractivity contribution in [1.82, 2.24) is 0 Å². The van der Waals surface area contributed by atoms with Crippen molar-refractivity contribution in [2.24, 2.45) is 0 Å². The van der Waals surface area contributed by atoms with Gasteiger partial charge in [-0.2, -0.15) is 5.26 Å². The summed E-state index contributed by atoms with van der Waals surface area (Å²) in [6.45, 7) is -0.0977. The first kappa shape index (κ1) is 19.6. The van der Waals surface area contributed by atoms with E-state index < -0.39 is 5.97 Å². The van der Waals surface area contributed by atoms with Crippen molar-refractivity contribution in [3.8, 4) is 17.6 Å². The molecule has 8 heteroatoms. The maximum absolute atomic E-state index is 12.2. The zero-order valence-corrected chi connectivity index (χ0v) is 15.2. The molecule has 0 aliphatic rings. The molecule has 2 N–H and O–H groups in total. The van der Waals surface area contributed by atoms with Crippen molar-refractivity contribution >= 4 is 23.3 Å². The van der Waals surface area contributed by atoms with E-state index in [9.17, 15) is 9.59 Å². The highest BCUT2D eigenvalue weighted by molar-refractivity contribution is 5.99. The third-order valence-electron chi connectivity index (χ3n) is 3.67. The van der Waals surface area contributed by atoms with Crippen molar-refractivity contribution in [1.29, 1.82) is 5.26 Å². The summed E-state index contributed by atoms with van der Waals surface area (Å²) in [5.41, 5.74) is 1.64. The van der Waals surface area contributed by atoms with Gasteiger partial charge in [0, 0.05) is 17.8 Å². The lowest BCUT2D eigenvalue weighted by Gasteiger charge is -2.15. The largest absolute Gasteiger partial charge is 0.493 e. The Balaban J connectivity index is 2.14. The van der Waals surface area contributed by atoms with Gasteiger partial charge in [0.15, 0.2) is 11.5 Å². The molecule has 0 saturated carbocycles. The lowest BCUT2D eigenvalue weighted by Crippen LogP contribution is -2.22. The van der Waals surface area contributed by atoms with Crippen LogP contribution in [0.2, 0.25) is 0 Å². The second-order valence-corrected chi connectivity index (χ2v) is 5.34. The quantitative estimate of drug-likeness (QED) is 0.721. The zero-order chi connectivity index (χ0) is 19.8. The molecule has 2 aromatic rings. The van der Waals surface area contributed by atoms with Gasteiger partial charge in [0.2, 0.25) is 5.91 Å². The van der Waals surface area contributed by atoms with Crippen LogP contribution in [0.4, 0.5) is 11.4 Å². The summed E-state index contributed by atoms with van der Waals surface area (Å²) in [6.07, 6.45) is 0. The minimum absolute atomic E-state index is 0.0977. The summed E-state index contributed by atoms with van der Waals surface area (Å²) < 4.78 is 15.2. The molecule has 0 unspecified atom stereocenters. The number of methoxy groups -OCH3 is 3. The maximum Gasteiger partial charge on any atom is 0.340 e. The fourth-order valence-electron chi connectivity index (χ4n) is 2.31.